The number of benzene rings is 1. The molecule has 0 spiro atoms. The van der Waals surface area contributed by atoms with E-state index in [2.05, 4.69) is 36.1 Å². The topological polar surface area (TPSA) is 60.9 Å². The molecule has 0 saturated heterocycles. The van der Waals surface area contributed by atoms with Gasteiger partial charge in [-0.15, -0.1) is 5.10 Å². The molecule has 0 N–H and O–H groups in total. The molecule has 4 aromatic rings. The standard InChI is InChI=1S/C13H8BrClN6/c1-20-9(5-6-16-20)11-18-12-7-3-2-4-8(14)10(7)17-13(15)21(12)19-11/h2-6H,1H3. The normalized spacial score (nSPS) is 11.6. The summed E-state index contributed by atoms with van der Waals surface area (Å²) < 4.78 is 4.13. The molecule has 0 bridgehead atoms. The van der Waals surface area contributed by atoms with Gasteiger partial charge in [0.2, 0.25) is 11.1 Å². The third kappa shape index (κ3) is 1.85. The minimum Gasteiger partial charge on any atom is -0.265 e. The van der Waals surface area contributed by atoms with Gasteiger partial charge in [-0.1, -0.05) is 6.07 Å². The number of hydrogen-bond donors (Lipinski definition) is 0. The second-order valence-corrected chi connectivity index (χ2v) is 5.72. The van der Waals surface area contributed by atoms with Crippen LogP contribution >= 0.6 is 27.5 Å². The van der Waals surface area contributed by atoms with E-state index in [1.165, 1.54) is 0 Å². The summed E-state index contributed by atoms with van der Waals surface area (Å²) in [6, 6.07) is 7.65. The van der Waals surface area contributed by atoms with Crippen LogP contribution in [-0.4, -0.2) is 29.4 Å². The number of hydrogen-bond acceptors (Lipinski definition) is 4. The van der Waals surface area contributed by atoms with E-state index in [0.29, 0.717) is 11.5 Å². The smallest absolute Gasteiger partial charge is 0.226 e. The van der Waals surface area contributed by atoms with Crippen LogP contribution in [0.3, 0.4) is 0 Å². The Morgan fingerprint density at radius 2 is 2.05 bits per heavy atom. The molecule has 0 atom stereocenters. The average Bonchev–Trinajstić information content (AvgIpc) is 3.06. The minimum absolute atomic E-state index is 0.269. The Morgan fingerprint density at radius 3 is 2.81 bits per heavy atom. The Bertz CT molecular complexity index is 989. The van der Waals surface area contributed by atoms with Crippen molar-refractivity contribution in [3.8, 4) is 11.5 Å². The number of rotatable bonds is 1. The number of aromatic nitrogens is 6. The van der Waals surface area contributed by atoms with E-state index < -0.39 is 0 Å². The molecule has 3 aromatic heterocycles. The van der Waals surface area contributed by atoms with Crippen molar-refractivity contribution < 1.29 is 0 Å². The predicted octanol–water partition coefficient (Wildman–Crippen LogP) is 3.09. The van der Waals surface area contributed by atoms with E-state index in [1.807, 2.05) is 31.3 Å². The monoisotopic (exact) mass is 362 g/mol. The van der Waals surface area contributed by atoms with E-state index in [0.717, 1.165) is 21.1 Å². The molecule has 0 aliphatic carbocycles. The molecule has 0 saturated carbocycles. The van der Waals surface area contributed by atoms with Crippen molar-refractivity contribution in [2.45, 2.75) is 0 Å². The molecule has 3 heterocycles. The highest BCUT2D eigenvalue weighted by Crippen LogP contribution is 2.28. The lowest BCUT2D eigenvalue weighted by molar-refractivity contribution is 0.769. The molecule has 1 aromatic carbocycles. The van der Waals surface area contributed by atoms with Crippen LogP contribution in [0.1, 0.15) is 0 Å². The zero-order valence-corrected chi connectivity index (χ0v) is 13.2. The van der Waals surface area contributed by atoms with Gasteiger partial charge in [-0.2, -0.15) is 9.61 Å². The van der Waals surface area contributed by atoms with E-state index in [4.69, 9.17) is 11.6 Å². The van der Waals surface area contributed by atoms with Crippen LogP contribution in [0.2, 0.25) is 5.28 Å². The maximum Gasteiger partial charge on any atom is 0.226 e. The van der Waals surface area contributed by atoms with Crippen LogP contribution < -0.4 is 0 Å². The van der Waals surface area contributed by atoms with E-state index in [-0.39, 0.29) is 5.28 Å². The highest BCUT2D eigenvalue weighted by atomic mass is 79.9. The van der Waals surface area contributed by atoms with Crippen molar-refractivity contribution in [2.75, 3.05) is 0 Å². The van der Waals surface area contributed by atoms with Crippen molar-refractivity contribution in [1.82, 2.24) is 29.4 Å². The predicted molar refractivity (Wildman–Crippen MR) is 83.2 cm³/mol. The van der Waals surface area contributed by atoms with Gasteiger partial charge in [0.15, 0.2) is 5.65 Å². The van der Waals surface area contributed by atoms with Crippen LogP contribution in [0, 0.1) is 0 Å². The summed E-state index contributed by atoms with van der Waals surface area (Å²) in [5.41, 5.74) is 2.25. The third-order valence-corrected chi connectivity index (χ3v) is 4.15. The molecule has 0 radical (unpaired) electrons. The Kier molecular flexibility index (Phi) is 2.73. The molecule has 104 valence electrons. The zero-order chi connectivity index (χ0) is 14.6. The van der Waals surface area contributed by atoms with Gasteiger partial charge in [0, 0.05) is 23.1 Å². The van der Waals surface area contributed by atoms with Gasteiger partial charge in [-0.25, -0.2) is 9.97 Å². The fourth-order valence-electron chi connectivity index (χ4n) is 2.27. The molecular weight excluding hydrogens is 356 g/mol. The van der Waals surface area contributed by atoms with Crippen molar-refractivity contribution in [3.63, 3.8) is 0 Å². The first-order valence-corrected chi connectivity index (χ1v) is 7.31. The van der Waals surface area contributed by atoms with Gasteiger partial charge >= 0.3 is 0 Å². The second-order valence-electron chi connectivity index (χ2n) is 4.53. The van der Waals surface area contributed by atoms with Crippen molar-refractivity contribution in [1.29, 1.82) is 0 Å². The molecule has 6 nitrogen and oxygen atoms in total. The highest BCUT2D eigenvalue weighted by Gasteiger charge is 2.16. The number of aryl methyl sites for hydroxylation is 1. The third-order valence-electron chi connectivity index (χ3n) is 3.26. The second kappa shape index (κ2) is 4.51. The van der Waals surface area contributed by atoms with Crippen molar-refractivity contribution in [2.24, 2.45) is 7.05 Å². The summed E-state index contributed by atoms with van der Waals surface area (Å²) in [5.74, 6) is 0.561. The lowest BCUT2D eigenvalue weighted by Crippen LogP contribution is -1.96. The molecule has 0 aliphatic rings. The zero-order valence-electron chi connectivity index (χ0n) is 10.8. The average molecular weight is 364 g/mol. The van der Waals surface area contributed by atoms with Crippen LogP contribution in [-0.2, 0) is 7.05 Å². The van der Waals surface area contributed by atoms with Gasteiger partial charge in [0.25, 0.3) is 0 Å². The largest absolute Gasteiger partial charge is 0.265 e. The fraction of sp³-hybridized carbons (Fsp3) is 0.0769. The van der Waals surface area contributed by atoms with Crippen LogP contribution in [0.25, 0.3) is 28.1 Å². The lowest BCUT2D eigenvalue weighted by Gasteiger charge is -2.02. The Balaban J connectivity index is 2.12. The first-order valence-electron chi connectivity index (χ1n) is 6.14. The molecule has 0 unspecified atom stereocenters. The molecule has 0 amide bonds. The summed E-state index contributed by atoms with van der Waals surface area (Å²) in [5, 5.41) is 9.72. The maximum atomic E-state index is 6.23. The van der Waals surface area contributed by atoms with Crippen LogP contribution in [0.5, 0.6) is 0 Å². The summed E-state index contributed by atoms with van der Waals surface area (Å²) in [6.07, 6.45) is 1.70. The Hall–Kier alpha value is -1.99. The van der Waals surface area contributed by atoms with E-state index >= 15 is 0 Å². The van der Waals surface area contributed by atoms with Crippen LogP contribution in [0.4, 0.5) is 0 Å². The molecule has 8 heteroatoms. The Morgan fingerprint density at radius 1 is 1.19 bits per heavy atom. The summed E-state index contributed by atoms with van der Waals surface area (Å²) >= 11 is 9.71. The quantitative estimate of drug-likeness (QED) is 0.488. The maximum absolute atomic E-state index is 6.23. The van der Waals surface area contributed by atoms with Gasteiger partial charge in [0.1, 0.15) is 5.69 Å². The molecular formula is C13H8BrClN6. The number of para-hydroxylation sites is 1. The highest BCUT2D eigenvalue weighted by molar-refractivity contribution is 9.10. The van der Waals surface area contributed by atoms with Gasteiger partial charge in [0.05, 0.1) is 5.52 Å². The molecule has 4 rings (SSSR count). The van der Waals surface area contributed by atoms with Gasteiger partial charge in [-0.05, 0) is 45.7 Å². The molecule has 0 aliphatic heterocycles. The summed E-state index contributed by atoms with van der Waals surface area (Å²) in [7, 11) is 1.84. The molecule has 0 fully saturated rings. The van der Waals surface area contributed by atoms with E-state index in [9.17, 15) is 0 Å². The van der Waals surface area contributed by atoms with Gasteiger partial charge < -0.3 is 0 Å². The molecule has 21 heavy (non-hydrogen) atoms. The fourth-order valence-corrected chi connectivity index (χ4v) is 2.92. The summed E-state index contributed by atoms with van der Waals surface area (Å²) in [6.45, 7) is 0. The SMILES string of the molecule is Cn1nccc1-c1nc2c3cccc(Br)c3nc(Cl)n2n1. The minimum atomic E-state index is 0.269. The first kappa shape index (κ1) is 12.7. The lowest BCUT2D eigenvalue weighted by atomic mass is 10.2. The van der Waals surface area contributed by atoms with E-state index in [1.54, 1.807) is 15.4 Å². The number of fused-ring (bicyclic) bond motifs is 3. The summed E-state index contributed by atoms with van der Waals surface area (Å²) in [4.78, 5) is 8.97. The number of halogens is 2. The van der Waals surface area contributed by atoms with Crippen LogP contribution in [0.15, 0.2) is 34.9 Å². The van der Waals surface area contributed by atoms with Gasteiger partial charge in [-0.3, -0.25) is 4.68 Å². The van der Waals surface area contributed by atoms with Crippen molar-refractivity contribution in [3.05, 3.63) is 40.2 Å². The first-order chi connectivity index (χ1) is 10.1. The Labute approximate surface area is 132 Å². The number of nitrogens with zero attached hydrogens (tertiary/aromatic N) is 6. The van der Waals surface area contributed by atoms with Crippen molar-refractivity contribution >= 4 is 44.1 Å².